The number of piperazine rings is 1. The lowest BCUT2D eigenvalue weighted by Crippen LogP contribution is -2.52. The molecule has 0 unspecified atom stereocenters. The minimum absolute atomic E-state index is 0.110. The molecule has 1 aliphatic rings. The van der Waals surface area contributed by atoms with Crippen LogP contribution in [-0.2, 0) is 4.79 Å². The van der Waals surface area contributed by atoms with Crippen LogP contribution in [0.1, 0.15) is 20.7 Å². The Kier molecular flexibility index (Phi) is 7.62. The van der Waals surface area contributed by atoms with Gasteiger partial charge in [-0.1, -0.05) is 42.5 Å². The number of nitrogens with one attached hydrogen (secondary N) is 3. The van der Waals surface area contributed by atoms with Crippen molar-refractivity contribution in [3.63, 3.8) is 0 Å². The van der Waals surface area contributed by atoms with Gasteiger partial charge in [0, 0.05) is 49.0 Å². The van der Waals surface area contributed by atoms with Crippen molar-refractivity contribution in [1.82, 2.24) is 14.8 Å². The standard InChI is InChI=1S/C28H26BN5O6/c35-25(27(37)34-15-13-33(14-16-34)26(36)18-5-2-1-3-6-18)22-17-30-24-21(22)7-4-8-23(24)32-28(38)31-20-11-9-19(10-12-20)29(39)40/h1-12,17,30,39-40H,13-16H2,(H2,31,32,38). The van der Waals surface area contributed by atoms with E-state index in [9.17, 15) is 29.2 Å². The maximum atomic E-state index is 13.2. The fraction of sp³-hybridized carbons (Fsp3) is 0.143. The van der Waals surface area contributed by atoms with Crippen molar-refractivity contribution in [2.45, 2.75) is 0 Å². The first-order chi connectivity index (χ1) is 19.3. The molecule has 4 amide bonds. The molecule has 0 radical (unpaired) electrons. The first-order valence-corrected chi connectivity index (χ1v) is 12.6. The van der Waals surface area contributed by atoms with E-state index in [1.807, 2.05) is 6.07 Å². The lowest BCUT2D eigenvalue weighted by molar-refractivity contribution is -0.127. The number of carbonyl (C=O) groups excluding carboxylic acids is 4. The smallest absolute Gasteiger partial charge is 0.423 e. The van der Waals surface area contributed by atoms with Crippen LogP contribution in [0, 0.1) is 0 Å². The van der Waals surface area contributed by atoms with E-state index in [4.69, 9.17) is 0 Å². The van der Waals surface area contributed by atoms with Crippen molar-refractivity contribution in [1.29, 1.82) is 0 Å². The summed E-state index contributed by atoms with van der Waals surface area (Å²) in [6, 6.07) is 19.4. The highest BCUT2D eigenvalue weighted by Crippen LogP contribution is 2.26. The Hall–Kier alpha value is -4.94. The summed E-state index contributed by atoms with van der Waals surface area (Å²) < 4.78 is 0. The van der Waals surface area contributed by atoms with Crippen molar-refractivity contribution in [3.8, 4) is 0 Å². The van der Waals surface area contributed by atoms with Gasteiger partial charge in [-0.15, -0.1) is 0 Å². The maximum absolute atomic E-state index is 13.2. The number of ketones is 1. The van der Waals surface area contributed by atoms with Gasteiger partial charge >= 0.3 is 13.1 Å². The molecule has 40 heavy (non-hydrogen) atoms. The zero-order valence-corrected chi connectivity index (χ0v) is 21.3. The maximum Gasteiger partial charge on any atom is 0.488 e. The molecule has 0 bridgehead atoms. The Balaban J connectivity index is 1.23. The van der Waals surface area contributed by atoms with Gasteiger partial charge in [0.1, 0.15) is 0 Å². The largest absolute Gasteiger partial charge is 0.488 e. The van der Waals surface area contributed by atoms with Crippen LogP contribution in [0.3, 0.4) is 0 Å². The first kappa shape index (κ1) is 26.7. The molecule has 1 fully saturated rings. The molecule has 0 saturated carbocycles. The van der Waals surface area contributed by atoms with Crippen molar-refractivity contribution >= 4 is 58.5 Å². The molecule has 5 N–H and O–H groups in total. The average molecular weight is 539 g/mol. The molecule has 0 spiro atoms. The van der Waals surface area contributed by atoms with Gasteiger partial charge in [0.15, 0.2) is 0 Å². The third kappa shape index (κ3) is 5.58. The molecule has 1 saturated heterocycles. The molecule has 2 heterocycles. The minimum Gasteiger partial charge on any atom is -0.423 e. The molecular formula is C28H26BN5O6. The quantitative estimate of drug-likeness (QED) is 0.143. The van der Waals surface area contributed by atoms with Gasteiger partial charge in [-0.2, -0.15) is 0 Å². The Morgan fingerprint density at radius 2 is 1.45 bits per heavy atom. The third-order valence-corrected chi connectivity index (χ3v) is 6.74. The number of para-hydroxylation sites is 1. The highest BCUT2D eigenvalue weighted by Gasteiger charge is 2.30. The molecule has 5 rings (SSSR count). The van der Waals surface area contributed by atoms with Crippen LogP contribution >= 0.6 is 0 Å². The van der Waals surface area contributed by atoms with Crippen LogP contribution in [0.2, 0.25) is 0 Å². The fourth-order valence-electron chi connectivity index (χ4n) is 4.60. The Bertz CT molecular complexity index is 1560. The lowest BCUT2D eigenvalue weighted by atomic mass is 9.80. The van der Waals surface area contributed by atoms with Gasteiger partial charge < -0.3 is 35.5 Å². The van der Waals surface area contributed by atoms with Crippen LogP contribution in [-0.4, -0.2) is 81.8 Å². The molecular weight excluding hydrogens is 513 g/mol. The number of hydrogen-bond donors (Lipinski definition) is 5. The second-order valence-corrected chi connectivity index (χ2v) is 9.28. The monoisotopic (exact) mass is 539 g/mol. The summed E-state index contributed by atoms with van der Waals surface area (Å²) in [5.41, 5.74) is 2.37. The van der Waals surface area contributed by atoms with E-state index >= 15 is 0 Å². The number of aromatic nitrogens is 1. The number of benzene rings is 3. The normalized spacial score (nSPS) is 13.2. The number of Topliss-reactive ketones (excluding diaryl/α,β-unsaturated/α-hetero) is 1. The molecule has 4 aromatic rings. The van der Waals surface area contributed by atoms with E-state index in [0.29, 0.717) is 40.9 Å². The number of anilines is 2. The summed E-state index contributed by atoms with van der Waals surface area (Å²) in [5, 5.41) is 24.3. The summed E-state index contributed by atoms with van der Waals surface area (Å²) in [6.07, 6.45) is 1.45. The second-order valence-electron chi connectivity index (χ2n) is 9.28. The van der Waals surface area contributed by atoms with E-state index in [-0.39, 0.29) is 30.0 Å². The van der Waals surface area contributed by atoms with E-state index in [1.165, 1.54) is 35.4 Å². The zero-order chi connectivity index (χ0) is 28.2. The van der Waals surface area contributed by atoms with Crippen molar-refractivity contribution in [3.05, 3.63) is 90.1 Å². The van der Waals surface area contributed by atoms with E-state index < -0.39 is 24.8 Å². The predicted octanol–water partition coefficient (Wildman–Crippen LogP) is 1.66. The number of rotatable bonds is 6. The topological polar surface area (TPSA) is 155 Å². The fourth-order valence-corrected chi connectivity index (χ4v) is 4.60. The van der Waals surface area contributed by atoms with Crippen LogP contribution in [0.25, 0.3) is 10.9 Å². The van der Waals surface area contributed by atoms with E-state index in [1.54, 1.807) is 47.4 Å². The molecule has 1 aliphatic heterocycles. The molecule has 11 nitrogen and oxygen atoms in total. The van der Waals surface area contributed by atoms with Crippen LogP contribution in [0.4, 0.5) is 16.2 Å². The average Bonchev–Trinajstić information content (AvgIpc) is 3.42. The predicted molar refractivity (Wildman–Crippen MR) is 150 cm³/mol. The van der Waals surface area contributed by atoms with Gasteiger partial charge in [0.25, 0.3) is 17.6 Å². The summed E-state index contributed by atoms with van der Waals surface area (Å²) in [6.45, 7) is 1.15. The molecule has 1 aromatic heterocycles. The molecule has 3 aromatic carbocycles. The number of fused-ring (bicyclic) bond motifs is 1. The van der Waals surface area contributed by atoms with Gasteiger partial charge in [-0.25, -0.2) is 4.79 Å². The molecule has 202 valence electrons. The number of carbonyl (C=O) groups is 4. The second kappa shape index (κ2) is 11.4. The highest BCUT2D eigenvalue weighted by molar-refractivity contribution is 6.58. The van der Waals surface area contributed by atoms with Gasteiger partial charge in [0.05, 0.1) is 16.8 Å². The third-order valence-electron chi connectivity index (χ3n) is 6.74. The molecule has 12 heteroatoms. The van der Waals surface area contributed by atoms with Crippen LogP contribution in [0.5, 0.6) is 0 Å². The Labute approximate surface area is 229 Å². The number of aromatic amines is 1. The summed E-state index contributed by atoms with van der Waals surface area (Å²) in [4.78, 5) is 57.6. The number of urea groups is 1. The van der Waals surface area contributed by atoms with Gasteiger partial charge in [0.2, 0.25) is 0 Å². The Morgan fingerprint density at radius 3 is 2.12 bits per heavy atom. The minimum atomic E-state index is -1.61. The van der Waals surface area contributed by atoms with E-state index in [2.05, 4.69) is 15.6 Å². The zero-order valence-electron chi connectivity index (χ0n) is 21.3. The summed E-state index contributed by atoms with van der Waals surface area (Å²) in [7, 11) is -1.61. The molecule has 0 atom stereocenters. The lowest BCUT2D eigenvalue weighted by Gasteiger charge is -2.34. The van der Waals surface area contributed by atoms with Gasteiger partial charge in [-0.05, 0) is 35.8 Å². The number of amides is 4. The first-order valence-electron chi connectivity index (χ1n) is 12.6. The SMILES string of the molecule is O=C(Nc1ccc(B(O)O)cc1)Nc1cccc2c(C(=O)C(=O)N3CCN(C(=O)c4ccccc4)CC3)c[nH]c12. The summed E-state index contributed by atoms with van der Waals surface area (Å²) >= 11 is 0. The van der Waals surface area contributed by atoms with Crippen LogP contribution in [0.15, 0.2) is 79.0 Å². The highest BCUT2D eigenvalue weighted by atomic mass is 16.4. The van der Waals surface area contributed by atoms with Crippen LogP contribution < -0.4 is 16.1 Å². The van der Waals surface area contributed by atoms with E-state index in [0.717, 1.165) is 0 Å². The Morgan fingerprint density at radius 1 is 0.775 bits per heavy atom. The summed E-state index contributed by atoms with van der Waals surface area (Å²) in [5.74, 6) is -1.44. The number of H-pyrrole nitrogens is 1. The molecule has 0 aliphatic carbocycles. The number of nitrogens with zero attached hydrogens (tertiary/aromatic N) is 2. The van der Waals surface area contributed by atoms with Crippen molar-refractivity contribution in [2.24, 2.45) is 0 Å². The van der Waals surface area contributed by atoms with Gasteiger partial charge in [-0.3, -0.25) is 14.4 Å². The van der Waals surface area contributed by atoms with Crippen molar-refractivity contribution in [2.75, 3.05) is 36.8 Å². The number of hydrogen-bond acceptors (Lipinski definition) is 6. The van der Waals surface area contributed by atoms with Crippen molar-refractivity contribution < 1.29 is 29.2 Å².